The molecule has 1 fully saturated rings. The van der Waals surface area contributed by atoms with Crippen LogP contribution in [0.2, 0.25) is 0 Å². The number of aryl methyl sites for hydroxylation is 1. The molecule has 1 aliphatic carbocycles. The summed E-state index contributed by atoms with van der Waals surface area (Å²) in [4.78, 5) is 0. The van der Waals surface area contributed by atoms with Gasteiger partial charge in [0, 0.05) is 36.7 Å². The minimum Gasteiger partial charge on any atom is -0.493 e. The highest BCUT2D eigenvalue weighted by Gasteiger charge is 2.30. The fourth-order valence-corrected chi connectivity index (χ4v) is 4.84. The lowest BCUT2D eigenvalue weighted by Gasteiger charge is -2.28. The van der Waals surface area contributed by atoms with E-state index < -0.39 is 0 Å². The van der Waals surface area contributed by atoms with E-state index in [4.69, 9.17) is 14.2 Å². The molecule has 2 unspecified atom stereocenters. The molecule has 6 heteroatoms. The topological polar surface area (TPSA) is 44.7 Å². The van der Waals surface area contributed by atoms with Crippen molar-refractivity contribution in [3.05, 3.63) is 54.0 Å². The molecule has 1 aromatic heterocycles. The standard InChI is InChI=1S/C24H27FN2O3/c1-27-13-20(19-11-16(25)7-9-21(19)27)15-6-8-17(10-15)26-12-18-14-29-23-5-3-4-22(28-2)24(23)30-18/h3-5,7,9,11,13,15,17-18,26H,6,8,10,12,14H2,1-2H3/t15?,17?,18-/m0/s1. The lowest BCUT2D eigenvalue weighted by molar-refractivity contribution is 0.0844. The van der Waals surface area contributed by atoms with Gasteiger partial charge in [-0.2, -0.15) is 0 Å². The van der Waals surface area contributed by atoms with Crippen LogP contribution in [0.3, 0.4) is 0 Å². The zero-order chi connectivity index (χ0) is 20.7. The molecule has 1 aliphatic heterocycles. The van der Waals surface area contributed by atoms with Crippen molar-refractivity contribution in [1.29, 1.82) is 0 Å². The summed E-state index contributed by atoms with van der Waals surface area (Å²) in [6.07, 6.45) is 5.36. The van der Waals surface area contributed by atoms with Crippen molar-refractivity contribution >= 4 is 10.9 Å². The highest BCUT2D eigenvalue weighted by atomic mass is 19.1. The number of para-hydroxylation sites is 1. The van der Waals surface area contributed by atoms with Crippen molar-refractivity contribution in [2.75, 3.05) is 20.3 Å². The Labute approximate surface area is 175 Å². The summed E-state index contributed by atoms with van der Waals surface area (Å²) in [6, 6.07) is 11.2. The Morgan fingerprint density at radius 2 is 2.13 bits per heavy atom. The fraction of sp³-hybridized carbons (Fsp3) is 0.417. The fourth-order valence-electron chi connectivity index (χ4n) is 4.84. The van der Waals surface area contributed by atoms with Crippen LogP contribution in [0.25, 0.3) is 10.9 Å². The van der Waals surface area contributed by atoms with Gasteiger partial charge >= 0.3 is 0 Å². The third-order valence-electron chi connectivity index (χ3n) is 6.36. The van der Waals surface area contributed by atoms with E-state index in [1.807, 2.05) is 31.3 Å². The lowest BCUT2D eigenvalue weighted by Crippen LogP contribution is -2.41. The molecule has 3 atom stereocenters. The van der Waals surface area contributed by atoms with Gasteiger partial charge in [-0.1, -0.05) is 6.07 Å². The molecule has 1 saturated carbocycles. The molecule has 2 aromatic carbocycles. The third-order valence-corrected chi connectivity index (χ3v) is 6.36. The molecule has 158 valence electrons. The lowest BCUT2D eigenvalue weighted by atomic mass is 9.97. The first-order valence-corrected chi connectivity index (χ1v) is 10.6. The van der Waals surface area contributed by atoms with E-state index in [1.165, 1.54) is 11.6 Å². The molecule has 2 heterocycles. The van der Waals surface area contributed by atoms with Gasteiger partial charge in [-0.25, -0.2) is 4.39 Å². The molecule has 2 aliphatic rings. The monoisotopic (exact) mass is 410 g/mol. The first-order chi connectivity index (χ1) is 14.6. The van der Waals surface area contributed by atoms with Crippen molar-refractivity contribution in [3.63, 3.8) is 0 Å². The van der Waals surface area contributed by atoms with E-state index in [0.29, 0.717) is 30.1 Å². The van der Waals surface area contributed by atoms with E-state index in [1.54, 1.807) is 13.2 Å². The minimum atomic E-state index is -0.173. The van der Waals surface area contributed by atoms with Crippen molar-refractivity contribution in [2.24, 2.45) is 7.05 Å². The quantitative estimate of drug-likeness (QED) is 0.678. The number of halogens is 1. The summed E-state index contributed by atoms with van der Waals surface area (Å²) in [6.45, 7) is 1.24. The Bertz CT molecular complexity index is 1050. The van der Waals surface area contributed by atoms with Crippen LogP contribution in [-0.4, -0.2) is 37.0 Å². The van der Waals surface area contributed by atoms with Gasteiger partial charge < -0.3 is 24.1 Å². The van der Waals surface area contributed by atoms with Crippen LogP contribution in [0, 0.1) is 5.82 Å². The van der Waals surface area contributed by atoms with E-state index in [9.17, 15) is 4.39 Å². The molecule has 5 rings (SSSR count). The van der Waals surface area contributed by atoms with Crippen LogP contribution in [0.5, 0.6) is 17.2 Å². The van der Waals surface area contributed by atoms with Gasteiger partial charge in [-0.15, -0.1) is 0 Å². The molecule has 0 radical (unpaired) electrons. The van der Waals surface area contributed by atoms with Gasteiger partial charge in [-0.3, -0.25) is 0 Å². The van der Waals surface area contributed by atoms with Crippen LogP contribution in [-0.2, 0) is 7.05 Å². The van der Waals surface area contributed by atoms with Crippen LogP contribution >= 0.6 is 0 Å². The molecule has 3 aromatic rings. The van der Waals surface area contributed by atoms with Crippen molar-refractivity contribution in [3.8, 4) is 17.2 Å². The average Bonchev–Trinajstić information content (AvgIpc) is 3.36. The summed E-state index contributed by atoms with van der Waals surface area (Å²) < 4.78 is 33.3. The number of hydrogen-bond donors (Lipinski definition) is 1. The smallest absolute Gasteiger partial charge is 0.204 e. The molecule has 0 bridgehead atoms. The van der Waals surface area contributed by atoms with Crippen LogP contribution in [0.4, 0.5) is 4.39 Å². The van der Waals surface area contributed by atoms with Crippen molar-refractivity contribution in [1.82, 2.24) is 9.88 Å². The Morgan fingerprint density at radius 3 is 3.00 bits per heavy atom. The van der Waals surface area contributed by atoms with Crippen LogP contribution in [0.15, 0.2) is 42.6 Å². The zero-order valence-corrected chi connectivity index (χ0v) is 17.4. The number of ether oxygens (including phenoxy) is 3. The van der Waals surface area contributed by atoms with E-state index in [0.717, 1.165) is 42.5 Å². The predicted molar refractivity (Wildman–Crippen MR) is 114 cm³/mol. The number of aromatic nitrogens is 1. The van der Waals surface area contributed by atoms with E-state index in [-0.39, 0.29) is 11.9 Å². The highest BCUT2D eigenvalue weighted by Crippen LogP contribution is 2.41. The molecule has 30 heavy (non-hydrogen) atoms. The first kappa shape index (κ1) is 19.2. The summed E-state index contributed by atoms with van der Waals surface area (Å²) in [5.74, 6) is 2.38. The summed E-state index contributed by atoms with van der Waals surface area (Å²) >= 11 is 0. The maximum atomic E-state index is 13.8. The SMILES string of the molecule is COc1cccc2c1O[C@@H](CNC1CCC(c3cn(C)c4ccc(F)cc34)C1)CO2. The zero-order valence-electron chi connectivity index (χ0n) is 17.4. The van der Waals surface area contributed by atoms with Gasteiger partial charge in [0.05, 0.1) is 7.11 Å². The molecular formula is C24H27FN2O3. The Kier molecular flexibility index (Phi) is 5.03. The van der Waals surface area contributed by atoms with Gasteiger partial charge in [0.25, 0.3) is 0 Å². The summed E-state index contributed by atoms with van der Waals surface area (Å²) in [7, 11) is 3.67. The predicted octanol–water partition coefficient (Wildman–Crippen LogP) is 4.39. The average molecular weight is 410 g/mol. The number of benzene rings is 2. The van der Waals surface area contributed by atoms with Gasteiger partial charge in [0.1, 0.15) is 18.5 Å². The number of nitrogens with one attached hydrogen (secondary N) is 1. The van der Waals surface area contributed by atoms with Gasteiger partial charge in [0.2, 0.25) is 5.75 Å². The number of fused-ring (bicyclic) bond motifs is 2. The maximum Gasteiger partial charge on any atom is 0.204 e. The molecular weight excluding hydrogens is 383 g/mol. The molecule has 0 spiro atoms. The molecule has 0 saturated heterocycles. The number of nitrogens with zero attached hydrogens (tertiary/aromatic N) is 1. The van der Waals surface area contributed by atoms with Crippen LogP contribution < -0.4 is 19.5 Å². The number of rotatable bonds is 5. The second kappa shape index (κ2) is 7.84. The van der Waals surface area contributed by atoms with Crippen molar-refractivity contribution < 1.29 is 18.6 Å². The number of hydrogen-bond acceptors (Lipinski definition) is 4. The second-order valence-electron chi connectivity index (χ2n) is 8.31. The summed E-state index contributed by atoms with van der Waals surface area (Å²) in [5.41, 5.74) is 2.34. The van der Waals surface area contributed by atoms with E-state index >= 15 is 0 Å². The van der Waals surface area contributed by atoms with Crippen molar-refractivity contribution in [2.45, 2.75) is 37.3 Å². The molecule has 0 amide bonds. The minimum absolute atomic E-state index is 0.0560. The van der Waals surface area contributed by atoms with Crippen LogP contribution in [0.1, 0.15) is 30.7 Å². The largest absolute Gasteiger partial charge is 0.493 e. The van der Waals surface area contributed by atoms with Gasteiger partial charge in [0.15, 0.2) is 11.5 Å². The Hall–Kier alpha value is -2.73. The molecule has 1 N–H and O–H groups in total. The number of methoxy groups -OCH3 is 1. The summed E-state index contributed by atoms with van der Waals surface area (Å²) in [5, 5.41) is 4.70. The Morgan fingerprint density at radius 1 is 1.23 bits per heavy atom. The first-order valence-electron chi connectivity index (χ1n) is 10.6. The van der Waals surface area contributed by atoms with Gasteiger partial charge in [-0.05, 0) is 61.1 Å². The van der Waals surface area contributed by atoms with E-state index in [2.05, 4.69) is 16.1 Å². The second-order valence-corrected chi connectivity index (χ2v) is 8.31. The maximum absolute atomic E-state index is 13.8. The normalized spacial score (nSPS) is 23.1. The third kappa shape index (κ3) is 3.49. The highest BCUT2D eigenvalue weighted by molar-refractivity contribution is 5.84. The molecule has 5 nitrogen and oxygen atoms in total. The Balaban J connectivity index is 1.22.